The van der Waals surface area contributed by atoms with Crippen molar-refractivity contribution in [3.05, 3.63) is 0 Å². The Bertz CT molecular complexity index is 292. The highest BCUT2D eigenvalue weighted by Crippen LogP contribution is 2.30. The summed E-state index contributed by atoms with van der Waals surface area (Å²) in [7, 11) is 1.69. The SMILES string of the molecule is COCC(C)NC(=NC1CCN(C2CC2)C1)NN. The van der Waals surface area contributed by atoms with E-state index in [-0.39, 0.29) is 6.04 Å². The Kier molecular flexibility index (Phi) is 4.79. The monoisotopic (exact) mass is 255 g/mol. The molecular formula is C12H25N5O. The van der Waals surface area contributed by atoms with E-state index in [0.717, 1.165) is 19.0 Å². The highest BCUT2D eigenvalue weighted by Gasteiger charge is 2.34. The maximum absolute atomic E-state index is 5.50. The second kappa shape index (κ2) is 6.36. The smallest absolute Gasteiger partial charge is 0.206 e. The van der Waals surface area contributed by atoms with Crippen molar-refractivity contribution in [1.82, 2.24) is 15.6 Å². The Balaban J connectivity index is 1.81. The normalized spacial score (nSPS) is 27.3. The van der Waals surface area contributed by atoms with Crippen LogP contribution in [0.1, 0.15) is 26.2 Å². The lowest BCUT2D eigenvalue weighted by Crippen LogP contribution is -2.47. The molecule has 104 valence electrons. The number of aliphatic imine (C=N–C) groups is 1. The molecule has 0 aromatic heterocycles. The maximum Gasteiger partial charge on any atom is 0.206 e. The summed E-state index contributed by atoms with van der Waals surface area (Å²) >= 11 is 0. The highest BCUT2D eigenvalue weighted by atomic mass is 16.5. The van der Waals surface area contributed by atoms with E-state index < -0.39 is 0 Å². The first kappa shape index (κ1) is 13.6. The van der Waals surface area contributed by atoms with Gasteiger partial charge in [0.1, 0.15) is 0 Å². The van der Waals surface area contributed by atoms with Crippen LogP contribution in [0.15, 0.2) is 4.99 Å². The van der Waals surface area contributed by atoms with Crippen LogP contribution in [0.5, 0.6) is 0 Å². The zero-order chi connectivity index (χ0) is 13.0. The van der Waals surface area contributed by atoms with Gasteiger partial charge in [-0.05, 0) is 26.2 Å². The van der Waals surface area contributed by atoms with Crippen molar-refractivity contribution in [3.8, 4) is 0 Å². The van der Waals surface area contributed by atoms with Crippen LogP contribution in [-0.2, 0) is 4.74 Å². The van der Waals surface area contributed by atoms with Crippen LogP contribution in [-0.4, -0.2) is 55.8 Å². The van der Waals surface area contributed by atoms with Gasteiger partial charge in [-0.1, -0.05) is 0 Å². The minimum Gasteiger partial charge on any atom is -0.383 e. The zero-order valence-corrected chi connectivity index (χ0v) is 11.4. The lowest BCUT2D eigenvalue weighted by molar-refractivity contribution is 0.179. The summed E-state index contributed by atoms with van der Waals surface area (Å²) in [5.41, 5.74) is 2.64. The Hall–Kier alpha value is -0.850. The van der Waals surface area contributed by atoms with Gasteiger partial charge in [0.2, 0.25) is 5.96 Å². The molecule has 1 saturated heterocycles. The summed E-state index contributed by atoms with van der Waals surface area (Å²) in [6.45, 7) is 4.92. The first-order valence-corrected chi connectivity index (χ1v) is 6.77. The molecule has 2 rings (SSSR count). The molecule has 2 atom stereocenters. The van der Waals surface area contributed by atoms with Gasteiger partial charge in [0.15, 0.2) is 0 Å². The molecule has 0 aromatic rings. The Morgan fingerprint density at radius 2 is 2.28 bits per heavy atom. The van der Waals surface area contributed by atoms with Crippen molar-refractivity contribution in [1.29, 1.82) is 0 Å². The lowest BCUT2D eigenvalue weighted by Gasteiger charge is -2.17. The minimum atomic E-state index is 0.200. The van der Waals surface area contributed by atoms with Gasteiger partial charge in [0.05, 0.1) is 12.6 Å². The second-order valence-corrected chi connectivity index (χ2v) is 5.29. The van der Waals surface area contributed by atoms with Gasteiger partial charge < -0.3 is 10.1 Å². The fraction of sp³-hybridized carbons (Fsp3) is 0.917. The number of methoxy groups -OCH3 is 1. The van der Waals surface area contributed by atoms with E-state index in [1.807, 2.05) is 6.92 Å². The summed E-state index contributed by atoms with van der Waals surface area (Å²) in [6.07, 6.45) is 3.85. The van der Waals surface area contributed by atoms with Gasteiger partial charge in [-0.15, -0.1) is 0 Å². The van der Waals surface area contributed by atoms with Gasteiger partial charge in [0, 0.05) is 32.3 Å². The summed E-state index contributed by atoms with van der Waals surface area (Å²) in [6, 6.07) is 1.39. The summed E-state index contributed by atoms with van der Waals surface area (Å²) < 4.78 is 5.08. The molecule has 1 aliphatic heterocycles. The van der Waals surface area contributed by atoms with Gasteiger partial charge in [-0.2, -0.15) is 0 Å². The van der Waals surface area contributed by atoms with Crippen LogP contribution >= 0.6 is 0 Å². The number of rotatable bonds is 5. The topological polar surface area (TPSA) is 74.9 Å². The standard InChI is InChI=1S/C12H25N5O/c1-9(8-18-2)14-12(16-13)15-10-5-6-17(7-10)11-3-4-11/h9-11H,3-8,13H2,1-2H3,(H2,14,15,16). The van der Waals surface area contributed by atoms with Gasteiger partial charge in [0.25, 0.3) is 0 Å². The Morgan fingerprint density at radius 3 is 2.89 bits per heavy atom. The average Bonchev–Trinajstić information content (AvgIpc) is 3.10. The molecule has 0 spiro atoms. The fourth-order valence-corrected chi connectivity index (χ4v) is 2.47. The number of hydrogen-bond acceptors (Lipinski definition) is 4. The van der Waals surface area contributed by atoms with Crippen LogP contribution in [0.4, 0.5) is 0 Å². The van der Waals surface area contributed by atoms with Crippen molar-refractivity contribution >= 4 is 5.96 Å². The van der Waals surface area contributed by atoms with Crippen molar-refractivity contribution < 1.29 is 4.74 Å². The van der Waals surface area contributed by atoms with E-state index in [1.54, 1.807) is 7.11 Å². The molecule has 2 fully saturated rings. The lowest BCUT2D eigenvalue weighted by atomic mass is 10.3. The van der Waals surface area contributed by atoms with E-state index >= 15 is 0 Å². The summed E-state index contributed by atoms with van der Waals surface area (Å²) in [5, 5.41) is 3.22. The molecule has 4 N–H and O–H groups in total. The van der Waals surface area contributed by atoms with E-state index in [2.05, 4.69) is 20.6 Å². The summed E-state index contributed by atoms with van der Waals surface area (Å²) in [5.74, 6) is 6.17. The van der Waals surface area contributed by atoms with Crippen molar-refractivity contribution in [2.45, 2.75) is 44.3 Å². The molecule has 1 aliphatic carbocycles. The Morgan fingerprint density at radius 1 is 1.50 bits per heavy atom. The van der Waals surface area contributed by atoms with Gasteiger partial charge in [-0.3, -0.25) is 10.3 Å². The predicted molar refractivity (Wildman–Crippen MR) is 72.2 cm³/mol. The molecule has 18 heavy (non-hydrogen) atoms. The number of nitrogens with zero attached hydrogens (tertiary/aromatic N) is 2. The zero-order valence-electron chi connectivity index (χ0n) is 11.4. The molecule has 1 saturated carbocycles. The van der Waals surface area contributed by atoms with E-state index in [4.69, 9.17) is 10.6 Å². The van der Waals surface area contributed by atoms with Crippen molar-refractivity contribution in [2.75, 3.05) is 26.8 Å². The number of guanidine groups is 1. The largest absolute Gasteiger partial charge is 0.383 e. The fourth-order valence-electron chi connectivity index (χ4n) is 2.47. The predicted octanol–water partition coefficient (Wildman–Crippen LogP) is -0.333. The number of likely N-dealkylation sites (tertiary alicyclic amines) is 1. The van der Waals surface area contributed by atoms with Crippen molar-refractivity contribution in [3.63, 3.8) is 0 Å². The minimum absolute atomic E-state index is 0.200. The van der Waals surface area contributed by atoms with E-state index in [1.165, 1.54) is 19.4 Å². The number of hydrazine groups is 1. The number of ether oxygens (including phenoxy) is 1. The summed E-state index contributed by atoms with van der Waals surface area (Å²) in [4.78, 5) is 7.19. The number of hydrogen-bond donors (Lipinski definition) is 3. The van der Waals surface area contributed by atoms with Crippen molar-refractivity contribution in [2.24, 2.45) is 10.8 Å². The quantitative estimate of drug-likeness (QED) is 0.271. The third kappa shape index (κ3) is 3.83. The van der Waals surface area contributed by atoms with Gasteiger partial charge in [-0.25, -0.2) is 10.8 Å². The highest BCUT2D eigenvalue weighted by molar-refractivity contribution is 5.79. The van der Waals surface area contributed by atoms with Gasteiger partial charge >= 0.3 is 0 Å². The third-order valence-electron chi connectivity index (χ3n) is 3.51. The van der Waals surface area contributed by atoms with Crippen LogP contribution in [0, 0.1) is 0 Å². The molecule has 1 heterocycles. The maximum atomic E-state index is 5.50. The first-order valence-electron chi connectivity index (χ1n) is 6.77. The van der Waals surface area contributed by atoms with Crippen LogP contribution < -0.4 is 16.6 Å². The van der Waals surface area contributed by atoms with Crippen LogP contribution in [0.2, 0.25) is 0 Å². The second-order valence-electron chi connectivity index (χ2n) is 5.29. The molecule has 0 amide bonds. The van der Waals surface area contributed by atoms with E-state index in [0.29, 0.717) is 18.6 Å². The molecule has 2 unspecified atom stereocenters. The molecule has 0 bridgehead atoms. The third-order valence-corrected chi connectivity index (χ3v) is 3.51. The number of nitrogens with one attached hydrogen (secondary N) is 2. The van der Waals surface area contributed by atoms with Crippen LogP contribution in [0.3, 0.4) is 0 Å². The molecule has 2 aliphatic rings. The molecule has 0 aromatic carbocycles. The average molecular weight is 255 g/mol. The molecule has 6 heteroatoms. The molecule has 6 nitrogen and oxygen atoms in total. The number of nitrogens with two attached hydrogens (primary N) is 1. The first-order chi connectivity index (χ1) is 8.72. The molecule has 0 radical (unpaired) electrons. The van der Waals surface area contributed by atoms with Crippen LogP contribution in [0.25, 0.3) is 0 Å². The van der Waals surface area contributed by atoms with E-state index in [9.17, 15) is 0 Å². The Labute approximate surface area is 109 Å². The molecular weight excluding hydrogens is 230 g/mol.